The number of nitrogens with one attached hydrogen (secondary N) is 2. The van der Waals surface area contributed by atoms with Gasteiger partial charge in [-0.05, 0) is 19.1 Å². The highest BCUT2D eigenvalue weighted by Crippen LogP contribution is 2.16. The summed E-state index contributed by atoms with van der Waals surface area (Å²) in [7, 11) is -3.66. The highest BCUT2D eigenvalue weighted by molar-refractivity contribution is 7.92. The molecule has 17 heavy (non-hydrogen) atoms. The van der Waals surface area contributed by atoms with Gasteiger partial charge in [-0.2, -0.15) is 8.42 Å². The normalized spacial score (nSPS) is 11.4. The molecule has 0 fully saturated rings. The predicted molar refractivity (Wildman–Crippen MR) is 63.4 cm³/mol. The van der Waals surface area contributed by atoms with Gasteiger partial charge in [0.1, 0.15) is 11.0 Å². The number of aromatic nitrogens is 3. The maximum atomic E-state index is 11.9. The molecule has 2 N–H and O–H groups in total. The standard InChI is InChI=1S/C9H9ClN4O2S/c1-6-12-5-9(13-6)17(15,16)14-7-2-3-11-8(10)4-7/h2-5H,1H3,(H,11,14)(H,12,13). The third kappa shape index (κ3) is 2.75. The van der Waals surface area contributed by atoms with E-state index in [2.05, 4.69) is 19.7 Å². The maximum Gasteiger partial charge on any atom is 0.278 e. The van der Waals surface area contributed by atoms with Crippen LogP contribution in [0.25, 0.3) is 0 Å². The first-order valence-electron chi connectivity index (χ1n) is 4.63. The zero-order valence-corrected chi connectivity index (χ0v) is 10.4. The maximum absolute atomic E-state index is 11.9. The molecule has 2 heterocycles. The van der Waals surface area contributed by atoms with Gasteiger partial charge >= 0.3 is 0 Å². The highest BCUT2D eigenvalue weighted by Gasteiger charge is 2.16. The van der Waals surface area contributed by atoms with Crippen molar-refractivity contribution in [3.8, 4) is 0 Å². The third-order valence-corrected chi connectivity index (χ3v) is 3.45. The smallest absolute Gasteiger partial charge is 0.278 e. The van der Waals surface area contributed by atoms with Crippen molar-refractivity contribution in [1.82, 2.24) is 15.0 Å². The molecular weight excluding hydrogens is 264 g/mol. The molecule has 0 spiro atoms. The van der Waals surface area contributed by atoms with Crippen LogP contribution in [-0.2, 0) is 10.0 Å². The van der Waals surface area contributed by atoms with Crippen LogP contribution < -0.4 is 4.72 Å². The second-order valence-corrected chi connectivity index (χ2v) is 5.34. The molecule has 2 aromatic rings. The largest absolute Gasteiger partial charge is 0.332 e. The summed E-state index contributed by atoms with van der Waals surface area (Å²) in [5, 5.41) is 0.217. The minimum absolute atomic E-state index is 0.00272. The van der Waals surface area contributed by atoms with E-state index in [1.165, 1.54) is 24.5 Å². The average Bonchev–Trinajstić information content (AvgIpc) is 2.65. The molecule has 90 valence electrons. The Labute approximate surface area is 103 Å². The Balaban J connectivity index is 2.29. The van der Waals surface area contributed by atoms with Crippen LogP contribution in [0.3, 0.4) is 0 Å². The van der Waals surface area contributed by atoms with Crippen LogP contribution in [0, 0.1) is 6.92 Å². The fourth-order valence-electron chi connectivity index (χ4n) is 1.21. The number of hydrogen-bond donors (Lipinski definition) is 2. The molecular formula is C9H9ClN4O2S. The Hall–Kier alpha value is -1.60. The molecule has 0 aliphatic heterocycles. The second-order valence-electron chi connectivity index (χ2n) is 3.31. The van der Waals surface area contributed by atoms with Gasteiger partial charge < -0.3 is 4.98 Å². The van der Waals surface area contributed by atoms with Crippen molar-refractivity contribution >= 4 is 27.3 Å². The minimum atomic E-state index is -3.66. The molecule has 8 heteroatoms. The summed E-state index contributed by atoms with van der Waals surface area (Å²) in [6, 6.07) is 2.93. The van der Waals surface area contributed by atoms with Gasteiger partial charge in [0.2, 0.25) is 0 Å². The molecule has 2 aromatic heterocycles. The van der Waals surface area contributed by atoms with Crippen molar-refractivity contribution in [2.75, 3.05) is 4.72 Å². The van der Waals surface area contributed by atoms with Crippen LogP contribution >= 0.6 is 11.6 Å². The number of nitrogens with zero attached hydrogens (tertiary/aromatic N) is 2. The third-order valence-electron chi connectivity index (χ3n) is 1.95. The Morgan fingerprint density at radius 2 is 2.18 bits per heavy atom. The lowest BCUT2D eigenvalue weighted by Gasteiger charge is -2.05. The fraction of sp³-hybridized carbons (Fsp3) is 0.111. The van der Waals surface area contributed by atoms with E-state index in [9.17, 15) is 8.42 Å². The molecule has 0 unspecified atom stereocenters. The summed E-state index contributed by atoms with van der Waals surface area (Å²) in [6.07, 6.45) is 2.67. The van der Waals surface area contributed by atoms with E-state index in [1.54, 1.807) is 6.92 Å². The Kier molecular flexibility index (Phi) is 3.03. The topological polar surface area (TPSA) is 87.7 Å². The minimum Gasteiger partial charge on any atom is -0.332 e. The monoisotopic (exact) mass is 272 g/mol. The van der Waals surface area contributed by atoms with E-state index in [1.807, 2.05) is 0 Å². The van der Waals surface area contributed by atoms with Gasteiger partial charge in [-0.3, -0.25) is 4.72 Å². The predicted octanol–water partition coefficient (Wildman–Crippen LogP) is 1.57. The first-order chi connectivity index (χ1) is 7.97. The van der Waals surface area contributed by atoms with Crippen molar-refractivity contribution < 1.29 is 8.42 Å². The molecule has 0 amide bonds. The molecule has 0 aliphatic rings. The van der Waals surface area contributed by atoms with E-state index < -0.39 is 10.0 Å². The molecule has 0 radical (unpaired) electrons. The van der Waals surface area contributed by atoms with E-state index in [-0.39, 0.29) is 10.2 Å². The van der Waals surface area contributed by atoms with Gasteiger partial charge in [0.15, 0.2) is 5.03 Å². The first kappa shape index (κ1) is 11.9. The number of aromatic amines is 1. The Bertz CT molecular complexity index is 638. The second kappa shape index (κ2) is 4.34. The van der Waals surface area contributed by atoms with E-state index in [0.29, 0.717) is 11.5 Å². The number of halogens is 1. The lowest BCUT2D eigenvalue weighted by molar-refractivity contribution is 0.598. The lowest BCUT2D eigenvalue weighted by atomic mass is 10.4. The van der Waals surface area contributed by atoms with E-state index in [0.717, 1.165) is 0 Å². The molecule has 0 atom stereocenters. The summed E-state index contributed by atoms with van der Waals surface area (Å²) in [5.74, 6) is 0.526. The molecule has 0 saturated heterocycles. The van der Waals surface area contributed by atoms with Crippen LogP contribution in [0.15, 0.2) is 29.6 Å². The first-order valence-corrected chi connectivity index (χ1v) is 6.49. The van der Waals surface area contributed by atoms with Crippen LogP contribution in [0.1, 0.15) is 5.82 Å². The SMILES string of the molecule is Cc1ncc(S(=O)(=O)Nc2ccnc(Cl)c2)[nH]1. The highest BCUT2D eigenvalue weighted by atomic mass is 35.5. The van der Waals surface area contributed by atoms with Crippen LogP contribution in [0.4, 0.5) is 5.69 Å². The summed E-state index contributed by atoms with van der Waals surface area (Å²) in [4.78, 5) is 10.2. The number of hydrogen-bond acceptors (Lipinski definition) is 4. The number of anilines is 1. The molecule has 0 aromatic carbocycles. The summed E-state index contributed by atoms with van der Waals surface area (Å²) < 4.78 is 26.1. The molecule has 2 rings (SSSR count). The molecule has 6 nitrogen and oxygen atoms in total. The van der Waals surface area contributed by atoms with Crippen LogP contribution in [-0.4, -0.2) is 23.4 Å². The van der Waals surface area contributed by atoms with Gasteiger partial charge in [0.05, 0.1) is 11.9 Å². The number of aryl methyl sites for hydroxylation is 1. The number of imidazole rings is 1. The van der Waals surface area contributed by atoms with Crippen molar-refractivity contribution in [2.24, 2.45) is 0 Å². The van der Waals surface area contributed by atoms with Crippen LogP contribution in [0.5, 0.6) is 0 Å². The van der Waals surface area contributed by atoms with Crippen molar-refractivity contribution in [3.63, 3.8) is 0 Å². The molecule has 0 saturated carbocycles. The Morgan fingerprint density at radius 1 is 1.41 bits per heavy atom. The van der Waals surface area contributed by atoms with E-state index >= 15 is 0 Å². The van der Waals surface area contributed by atoms with Gasteiger partial charge in [0, 0.05) is 6.20 Å². The number of sulfonamides is 1. The van der Waals surface area contributed by atoms with Gasteiger partial charge in [0.25, 0.3) is 10.0 Å². The summed E-state index contributed by atoms with van der Waals surface area (Å²) >= 11 is 5.66. The van der Waals surface area contributed by atoms with Gasteiger partial charge in [-0.25, -0.2) is 9.97 Å². The summed E-state index contributed by atoms with van der Waals surface area (Å²) in [5.41, 5.74) is 0.345. The van der Waals surface area contributed by atoms with Crippen molar-refractivity contribution in [2.45, 2.75) is 11.9 Å². The van der Waals surface area contributed by atoms with E-state index in [4.69, 9.17) is 11.6 Å². The Morgan fingerprint density at radius 3 is 2.76 bits per heavy atom. The number of rotatable bonds is 3. The average molecular weight is 273 g/mol. The number of pyridine rings is 1. The van der Waals surface area contributed by atoms with Crippen molar-refractivity contribution in [3.05, 3.63) is 35.5 Å². The summed E-state index contributed by atoms with van der Waals surface area (Å²) in [6.45, 7) is 1.67. The number of H-pyrrole nitrogens is 1. The van der Waals surface area contributed by atoms with Crippen molar-refractivity contribution in [1.29, 1.82) is 0 Å². The zero-order chi connectivity index (χ0) is 12.5. The van der Waals surface area contributed by atoms with Gasteiger partial charge in [-0.1, -0.05) is 11.6 Å². The fourth-order valence-corrected chi connectivity index (χ4v) is 2.41. The quantitative estimate of drug-likeness (QED) is 0.830. The van der Waals surface area contributed by atoms with Crippen LogP contribution in [0.2, 0.25) is 5.15 Å². The zero-order valence-electron chi connectivity index (χ0n) is 8.81. The van der Waals surface area contributed by atoms with Gasteiger partial charge in [-0.15, -0.1) is 0 Å². The molecule has 0 bridgehead atoms. The lowest BCUT2D eigenvalue weighted by Crippen LogP contribution is -2.13. The molecule has 0 aliphatic carbocycles.